The number of ether oxygens (including phenoxy) is 1. The number of para-hydroxylation sites is 1. The molecule has 254 valence electrons. The highest BCUT2D eigenvalue weighted by atomic mass is 79.9. The fourth-order valence-electron chi connectivity index (χ4n) is 4.35. The van der Waals surface area contributed by atoms with Crippen molar-refractivity contribution >= 4 is 44.6 Å². The third-order valence-corrected chi connectivity index (χ3v) is 6.96. The van der Waals surface area contributed by atoms with Crippen LogP contribution in [-0.2, 0) is 16.1 Å². The molecule has 1 aliphatic carbocycles. The van der Waals surface area contributed by atoms with Crippen molar-refractivity contribution in [3.63, 3.8) is 0 Å². The molecule has 1 fully saturated rings. The van der Waals surface area contributed by atoms with Crippen LogP contribution in [-0.4, -0.2) is 57.9 Å². The molecular weight excluding hydrogens is 709 g/mol. The van der Waals surface area contributed by atoms with E-state index in [0.717, 1.165) is 48.0 Å². The molecular formula is C28H27BrF9N3O5. The highest BCUT2D eigenvalue weighted by Crippen LogP contribution is 2.35. The van der Waals surface area contributed by atoms with Crippen LogP contribution in [0.2, 0.25) is 0 Å². The predicted molar refractivity (Wildman–Crippen MR) is 151 cm³/mol. The third kappa shape index (κ3) is 12.2. The Hall–Kier alpha value is -3.80. The van der Waals surface area contributed by atoms with Crippen LogP contribution in [0.25, 0.3) is 10.9 Å². The maximum Gasteiger partial charge on any atom is 0.573 e. The number of nitrogens with zero attached hydrogens (tertiary/aromatic N) is 2. The molecule has 3 aromatic rings. The second kappa shape index (κ2) is 15.7. The lowest BCUT2D eigenvalue weighted by molar-refractivity contribution is -0.274. The molecule has 0 radical (unpaired) electrons. The van der Waals surface area contributed by atoms with Crippen LogP contribution in [0.1, 0.15) is 36.8 Å². The van der Waals surface area contributed by atoms with Gasteiger partial charge in [0.15, 0.2) is 0 Å². The number of hydrogen-bond acceptors (Lipinski definition) is 6. The molecule has 0 spiro atoms. The lowest BCUT2D eigenvalue weighted by Crippen LogP contribution is -2.41. The van der Waals surface area contributed by atoms with Crippen molar-refractivity contribution in [2.75, 3.05) is 4.90 Å². The number of alkyl halides is 9. The number of pyridine rings is 1. The summed E-state index contributed by atoms with van der Waals surface area (Å²) in [4.78, 5) is 24.8. The summed E-state index contributed by atoms with van der Waals surface area (Å²) in [5.74, 6) is -4.97. The number of halogens is 10. The van der Waals surface area contributed by atoms with E-state index in [0.29, 0.717) is 10.0 Å². The molecule has 0 atom stereocenters. The van der Waals surface area contributed by atoms with Crippen molar-refractivity contribution in [1.82, 2.24) is 4.98 Å². The number of carboxylic acids is 2. The van der Waals surface area contributed by atoms with Gasteiger partial charge in [-0.1, -0.05) is 40.2 Å². The average molecular weight is 736 g/mol. The molecule has 0 unspecified atom stereocenters. The topological polar surface area (TPSA) is 126 Å². The molecule has 46 heavy (non-hydrogen) atoms. The van der Waals surface area contributed by atoms with E-state index in [1.807, 2.05) is 37.3 Å². The SMILES string of the molecule is Cc1cc(N(Cc2ccc(Br)cc2OC(F)(F)F)C2CCC(N)CC2)nc2ccccc12.O=C(O)C(F)(F)F.O=C(O)C(F)(F)F. The first-order chi connectivity index (χ1) is 21.1. The number of anilines is 1. The van der Waals surface area contributed by atoms with Gasteiger partial charge in [0.1, 0.15) is 11.6 Å². The van der Waals surface area contributed by atoms with Crippen molar-refractivity contribution in [3.05, 3.63) is 64.1 Å². The van der Waals surface area contributed by atoms with E-state index in [1.165, 1.54) is 6.07 Å². The van der Waals surface area contributed by atoms with Gasteiger partial charge in [-0.15, -0.1) is 13.2 Å². The Morgan fingerprint density at radius 3 is 1.93 bits per heavy atom. The second-order valence-electron chi connectivity index (χ2n) is 9.92. The van der Waals surface area contributed by atoms with Gasteiger partial charge in [-0.3, -0.25) is 0 Å². The molecule has 1 heterocycles. The molecule has 0 aliphatic heterocycles. The minimum atomic E-state index is -5.08. The maximum absolute atomic E-state index is 13.1. The minimum absolute atomic E-state index is 0.130. The normalized spacial score (nSPS) is 16.8. The highest BCUT2D eigenvalue weighted by molar-refractivity contribution is 9.10. The number of carbonyl (C=O) groups is 2. The van der Waals surface area contributed by atoms with Crippen LogP contribution in [0.15, 0.2) is 53.0 Å². The lowest BCUT2D eigenvalue weighted by Gasteiger charge is -2.37. The van der Waals surface area contributed by atoms with Crippen LogP contribution in [0.5, 0.6) is 5.75 Å². The van der Waals surface area contributed by atoms with Crippen molar-refractivity contribution in [2.45, 2.75) is 70.0 Å². The Morgan fingerprint density at radius 1 is 0.913 bits per heavy atom. The predicted octanol–water partition coefficient (Wildman–Crippen LogP) is 7.75. The van der Waals surface area contributed by atoms with Gasteiger partial charge in [-0.2, -0.15) is 26.3 Å². The largest absolute Gasteiger partial charge is 0.573 e. The average Bonchev–Trinajstić information content (AvgIpc) is 2.92. The minimum Gasteiger partial charge on any atom is -0.475 e. The van der Waals surface area contributed by atoms with Gasteiger partial charge in [-0.05, 0) is 62.4 Å². The molecule has 4 N–H and O–H groups in total. The number of benzene rings is 2. The number of aromatic nitrogens is 1. The van der Waals surface area contributed by atoms with Gasteiger partial charge in [-0.25, -0.2) is 14.6 Å². The van der Waals surface area contributed by atoms with E-state index in [-0.39, 0.29) is 24.4 Å². The zero-order valence-corrected chi connectivity index (χ0v) is 25.3. The van der Waals surface area contributed by atoms with Crippen molar-refractivity contribution in [1.29, 1.82) is 0 Å². The smallest absolute Gasteiger partial charge is 0.475 e. The summed E-state index contributed by atoms with van der Waals surface area (Å²) >= 11 is 3.25. The molecule has 2 aromatic carbocycles. The van der Waals surface area contributed by atoms with E-state index >= 15 is 0 Å². The second-order valence-corrected chi connectivity index (χ2v) is 10.8. The molecule has 1 aromatic heterocycles. The molecule has 0 amide bonds. The van der Waals surface area contributed by atoms with Crippen molar-refractivity contribution in [2.24, 2.45) is 5.73 Å². The first-order valence-electron chi connectivity index (χ1n) is 13.1. The third-order valence-electron chi connectivity index (χ3n) is 6.47. The summed E-state index contributed by atoms with van der Waals surface area (Å²) in [5, 5.41) is 15.3. The van der Waals surface area contributed by atoms with Crippen molar-refractivity contribution < 1.29 is 64.1 Å². The van der Waals surface area contributed by atoms with Crippen molar-refractivity contribution in [3.8, 4) is 5.75 Å². The summed E-state index contributed by atoms with van der Waals surface area (Å²) < 4.78 is 108. The van der Waals surface area contributed by atoms with Crippen LogP contribution in [0.4, 0.5) is 45.3 Å². The van der Waals surface area contributed by atoms with E-state index in [4.69, 9.17) is 30.5 Å². The summed E-state index contributed by atoms with van der Waals surface area (Å²) in [5.41, 5.74) is 8.50. The van der Waals surface area contributed by atoms with E-state index in [1.54, 1.807) is 12.1 Å². The van der Waals surface area contributed by atoms with Gasteiger partial charge >= 0.3 is 30.7 Å². The summed E-state index contributed by atoms with van der Waals surface area (Å²) in [6.07, 6.45) is -11.5. The molecule has 1 saturated carbocycles. The summed E-state index contributed by atoms with van der Waals surface area (Å²) in [7, 11) is 0. The van der Waals surface area contributed by atoms with Gasteiger partial charge < -0.3 is 25.6 Å². The zero-order valence-electron chi connectivity index (χ0n) is 23.7. The fraction of sp³-hybridized carbons (Fsp3) is 0.393. The Morgan fingerprint density at radius 2 is 1.43 bits per heavy atom. The highest BCUT2D eigenvalue weighted by Gasteiger charge is 2.39. The fourth-order valence-corrected chi connectivity index (χ4v) is 4.69. The zero-order chi connectivity index (χ0) is 35.0. The Labute approximate surface area is 264 Å². The summed E-state index contributed by atoms with van der Waals surface area (Å²) in [6, 6.07) is 14.9. The molecule has 8 nitrogen and oxygen atoms in total. The van der Waals surface area contributed by atoms with Gasteiger partial charge in [0.2, 0.25) is 0 Å². The van der Waals surface area contributed by atoms with Crippen LogP contribution >= 0.6 is 15.9 Å². The Balaban J connectivity index is 0.000000440. The van der Waals surface area contributed by atoms with Crippen LogP contribution in [0, 0.1) is 6.92 Å². The number of fused-ring (bicyclic) bond motifs is 1. The van der Waals surface area contributed by atoms with E-state index in [9.17, 15) is 39.5 Å². The molecule has 18 heteroatoms. The number of hydrogen-bond donors (Lipinski definition) is 3. The monoisotopic (exact) mass is 735 g/mol. The Kier molecular flexibility index (Phi) is 13.1. The standard InChI is InChI=1S/C24H25BrF3N3O.2C2HF3O2/c1-15-12-23(30-21-5-3-2-4-20(15)21)31(19-10-8-18(29)9-11-19)14-16-6-7-17(25)13-22(16)32-24(26,27)28;2*3-2(4,5)1(6)7/h2-7,12-13,18-19H,8-11,14,29H2,1H3;2*(H,6,7). The van der Waals surface area contributed by atoms with Crippen LogP contribution < -0.4 is 15.4 Å². The number of aryl methyl sites for hydroxylation is 1. The van der Waals surface area contributed by atoms with E-state index in [2.05, 4.69) is 25.6 Å². The van der Waals surface area contributed by atoms with Gasteiger partial charge in [0, 0.05) is 34.1 Å². The van der Waals surface area contributed by atoms with Gasteiger partial charge in [0.05, 0.1) is 5.52 Å². The maximum atomic E-state index is 13.1. The Bertz CT molecular complexity index is 1470. The number of rotatable bonds is 5. The first-order valence-corrected chi connectivity index (χ1v) is 13.9. The molecule has 4 rings (SSSR count). The molecule has 0 saturated heterocycles. The van der Waals surface area contributed by atoms with Crippen LogP contribution in [0.3, 0.4) is 0 Å². The van der Waals surface area contributed by atoms with Gasteiger partial charge in [0.25, 0.3) is 0 Å². The number of aliphatic carboxylic acids is 2. The number of carboxylic acid groups (broad SMARTS) is 2. The molecule has 1 aliphatic rings. The summed E-state index contributed by atoms with van der Waals surface area (Å²) in [6.45, 7) is 2.28. The molecule has 0 bridgehead atoms. The van der Waals surface area contributed by atoms with E-state index < -0.39 is 30.7 Å². The lowest BCUT2D eigenvalue weighted by atomic mass is 9.90. The first kappa shape index (κ1) is 38.4. The quantitative estimate of drug-likeness (QED) is 0.227. The number of nitrogens with two attached hydrogens (primary N) is 1.